The van der Waals surface area contributed by atoms with Gasteiger partial charge >= 0.3 is 0 Å². The Labute approximate surface area is 138 Å². The quantitative estimate of drug-likeness (QED) is 0.893. The van der Waals surface area contributed by atoms with Gasteiger partial charge in [-0.1, -0.05) is 26.0 Å². The molecule has 2 N–H and O–H groups in total. The summed E-state index contributed by atoms with van der Waals surface area (Å²) in [5, 5.41) is 6.29. The van der Waals surface area contributed by atoms with Gasteiger partial charge in [0, 0.05) is 19.8 Å². The lowest BCUT2D eigenvalue weighted by atomic mass is 9.77. The zero-order valence-electron chi connectivity index (χ0n) is 14.5. The predicted molar refractivity (Wildman–Crippen MR) is 92.3 cm³/mol. The van der Waals surface area contributed by atoms with Gasteiger partial charge in [-0.3, -0.25) is 9.59 Å². The Kier molecular flexibility index (Phi) is 5.42. The third-order valence-corrected chi connectivity index (χ3v) is 4.47. The molecule has 1 heterocycles. The zero-order valence-corrected chi connectivity index (χ0v) is 14.5. The fourth-order valence-corrected chi connectivity index (χ4v) is 2.91. The van der Waals surface area contributed by atoms with Gasteiger partial charge in [0.2, 0.25) is 11.8 Å². The highest BCUT2D eigenvalue weighted by Gasteiger charge is 2.36. The predicted octanol–water partition coefficient (Wildman–Crippen LogP) is 2.03. The summed E-state index contributed by atoms with van der Waals surface area (Å²) in [6.07, 6.45) is 2.52. The van der Waals surface area contributed by atoms with E-state index in [1.165, 1.54) is 0 Å². The molecule has 1 aliphatic rings. The number of anilines is 1. The highest BCUT2D eigenvalue weighted by Crippen LogP contribution is 2.30. The largest absolute Gasteiger partial charge is 0.349 e. The average Bonchev–Trinajstić information content (AvgIpc) is 2.48. The van der Waals surface area contributed by atoms with Crippen LogP contribution in [0.25, 0.3) is 0 Å². The van der Waals surface area contributed by atoms with E-state index in [0.29, 0.717) is 6.42 Å². The molecule has 0 aromatic heterocycles. The average molecular weight is 317 g/mol. The van der Waals surface area contributed by atoms with Crippen LogP contribution < -0.4 is 10.6 Å². The number of carbonyl (C=O) groups is 2. The van der Waals surface area contributed by atoms with Crippen LogP contribution in [0.2, 0.25) is 0 Å². The van der Waals surface area contributed by atoms with E-state index in [0.717, 1.165) is 30.6 Å². The monoisotopic (exact) mass is 317 g/mol. The van der Waals surface area contributed by atoms with Crippen molar-refractivity contribution >= 4 is 17.5 Å². The molecular formula is C18H27N3O2. The maximum Gasteiger partial charge on any atom is 0.242 e. The molecule has 126 valence electrons. The Morgan fingerprint density at radius 1 is 1.26 bits per heavy atom. The molecule has 0 saturated carbocycles. The molecule has 1 fully saturated rings. The molecule has 1 saturated heterocycles. The van der Waals surface area contributed by atoms with Crippen molar-refractivity contribution in [3.05, 3.63) is 29.8 Å². The summed E-state index contributed by atoms with van der Waals surface area (Å²) in [6.45, 7) is 5.13. The molecule has 1 aliphatic heterocycles. The van der Waals surface area contributed by atoms with E-state index in [2.05, 4.69) is 24.5 Å². The zero-order chi connectivity index (χ0) is 17.0. The van der Waals surface area contributed by atoms with E-state index in [1.54, 1.807) is 19.0 Å². The van der Waals surface area contributed by atoms with E-state index in [-0.39, 0.29) is 23.3 Å². The first-order valence-electron chi connectivity index (χ1n) is 8.13. The lowest BCUT2D eigenvalue weighted by Crippen LogP contribution is -2.53. The van der Waals surface area contributed by atoms with Crippen molar-refractivity contribution < 1.29 is 9.59 Å². The van der Waals surface area contributed by atoms with Crippen molar-refractivity contribution in [3.8, 4) is 0 Å². The van der Waals surface area contributed by atoms with Crippen molar-refractivity contribution in [2.45, 2.75) is 39.2 Å². The molecule has 23 heavy (non-hydrogen) atoms. The third kappa shape index (κ3) is 4.55. The van der Waals surface area contributed by atoms with Crippen LogP contribution in [0.1, 0.15) is 32.3 Å². The van der Waals surface area contributed by atoms with Crippen LogP contribution >= 0.6 is 0 Å². The van der Waals surface area contributed by atoms with Gasteiger partial charge in [-0.2, -0.15) is 0 Å². The molecule has 0 aliphatic carbocycles. The summed E-state index contributed by atoms with van der Waals surface area (Å²) >= 11 is 0. The van der Waals surface area contributed by atoms with Gasteiger partial charge in [-0.25, -0.2) is 0 Å². The van der Waals surface area contributed by atoms with Crippen LogP contribution in [0.5, 0.6) is 0 Å². The Morgan fingerprint density at radius 3 is 2.48 bits per heavy atom. The molecule has 2 amide bonds. The van der Waals surface area contributed by atoms with E-state index >= 15 is 0 Å². The molecule has 1 atom stereocenters. The van der Waals surface area contributed by atoms with Crippen LogP contribution in [-0.4, -0.2) is 43.4 Å². The molecule has 0 bridgehead atoms. The van der Waals surface area contributed by atoms with Crippen molar-refractivity contribution in [2.24, 2.45) is 5.41 Å². The number of benzene rings is 1. The minimum Gasteiger partial charge on any atom is -0.349 e. The SMILES string of the molecule is CN(C)C(=O)Cc1ccc(NC(=O)C2NCCCC2(C)C)cc1. The lowest BCUT2D eigenvalue weighted by molar-refractivity contribution is -0.128. The molecular weight excluding hydrogens is 290 g/mol. The minimum absolute atomic E-state index is 0.00631. The summed E-state index contributed by atoms with van der Waals surface area (Å²) in [5.74, 6) is 0.0711. The third-order valence-electron chi connectivity index (χ3n) is 4.47. The molecule has 0 spiro atoms. The van der Waals surface area contributed by atoms with Crippen LogP contribution in [0.3, 0.4) is 0 Å². The van der Waals surface area contributed by atoms with Gasteiger partial charge in [-0.15, -0.1) is 0 Å². The molecule has 1 aromatic carbocycles. The number of piperidine rings is 1. The maximum absolute atomic E-state index is 12.5. The highest BCUT2D eigenvalue weighted by molar-refractivity contribution is 5.95. The summed E-state index contributed by atoms with van der Waals surface area (Å²) < 4.78 is 0. The first-order valence-corrected chi connectivity index (χ1v) is 8.13. The molecule has 0 radical (unpaired) electrons. The van der Waals surface area contributed by atoms with E-state index < -0.39 is 0 Å². The number of hydrogen-bond donors (Lipinski definition) is 2. The Balaban J connectivity index is 1.97. The Bertz CT molecular complexity index is 564. The van der Waals surface area contributed by atoms with Crippen molar-refractivity contribution in [1.82, 2.24) is 10.2 Å². The van der Waals surface area contributed by atoms with E-state index in [1.807, 2.05) is 24.3 Å². The van der Waals surface area contributed by atoms with Gasteiger partial charge in [0.05, 0.1) is 12.5 Å². The number of nitrogens with zero attached hydrogens (tertiary/aromatic N) is 1. The number of amides is 2. The second-order valence-electron chi connectivity index (χ2n) is 7.13. The smallest absolute Gasteiger partial charge is 0.242 e. The number of hydrogen-bond acceptors (Lipinski definition) is 3. The van der Waals surface area contributed by atoms with E-state index in [4.69, 9.17) is 0 Å². The topological polar surface area (TPSA) is 61.4 Å². The standard InChI is InChI=1S/C18H27N3O2/c1-18(2)10-5-11-19-16(18)17(23)20-14-8-6-13(7-9-14)12-15(22)21(3)4/h6-9,16,19H,5,10-12H2,1-4H3,(H,20,23). The number of nitrogens with one attached hydrogen (secondary N) is 2. The molecule has 1 aromatic rings. The molecule has 5 heteroatoms. The lowest BCUT2D eigenvalue weighted by Gasteiger charge is -2.38. The maximum atomic E-state index is 12.5. The number of rotatable bonds is 4. The summed E-state index contributed by atoms with van der Waals surface area (Å²) in [4.78, 5) is 25.8. The van der Waals surface area contributed by atoms with Gasteiger partial charge in [0.25, 0.3) is 0 Å². The summed E-state index contributed by atoms with van der Waals surface area (Å²) in [7, 11) is 3.49. The first-order chi connectivity index (χ1) is 10.8. The Hall–Kier alpha value is -1.88. The normalized spacial score (nSPS) is 19.9. The highest BCUT2D eigenvalue weighted by atomic mass is 16.2. The first kappa shape index (κ1) is 17.5. The molecule has 5 nitrogen and oxygen atoms in total. The van der Waals surface area contributed by atoms with Crippen molar-refractivity contribution in [3.63, 3.8) is 0 Å². The van der Waals surface area contributed by atoms with E-state index in [9.17, 15) is 9.59 Å². The van der Waals surface area contributed by atoms with Gasteiger partial charge < -0.3 is 15.5 Å². The summed E-state index contributed by atoms with van der Waals surface area (Å²) in [5.41, 5.74) is 1.66. The van der Waals surface area contributed by atoms with Crippen LogP contribution in [-0.2, 0) is 16.0 Å². The minimum atomic E-state index is -0.175. The molecule has 1 unspecified atom stereocenters. The van der Waals surface area contributed by atoms with Crippen LogP contribution in [0, 0.1) is 5.41 Å². The van der Waals surface area contributed by atoms with Gasteiger partial charge in [-0.05, 0) is 42.5 Å². The fourth-order valence-electron chi connectivity index (χ4n) is 2.91. The van der Waals surface area contributed by atoms with Gasteiger partial charge in [0.15, 0.2) is 0 Å². The van der Waals surface area contributed by atoms with Crippen LogP contribution in [0.15, 0.2) is 24.3 Å². The second kappa shape index (κ2) is 7.13. The Morgan fingerprint density at radius 2 is 1.91 bits per heavy atom. The van der Waals surface area contributed by atoms with Crippen LogP contribution in [0.4, 0.5) is 5.69 Å². The second-order valence-corrected chi connectivity index (χ2v) is 7.13. The fraction of sp³-hybridized carbons (Fsp3) is 0.556. The summed E-state index contributed by atoms with van der Waals surface area (Å²) in [6, 6.07) is 7.30. The number of carbonyl (C=O) groups excluding carboxylic acids is 2. The number of likely N-dealkylation sites (N-methyl/N-ethyl adjacent to an activating group) is 1. The van der Waals surface area contributed by atoms with Crippen molar-refractivity contribution in [2.75, 3.05) is 26.0 Å². The molecule has 2 rings (SSSR count). The van der Waals surface area contributed by atoms with Gasteiger partial charge in [0.1, 0.15) is 0 Å². The van der Waals surface area contributed by atoms with Crippen molar-refractivity contribution in [1.29, 1.82) is 0 Å².